The molecule has 1 aromatic carbocycles. The van der Waals surface area contributed by atoms with Gasteiger partial charge in [0, 0.05) is 31.7 Å². The van der Waals surface area contributed by atoms with Crippen LogP contribution in [0.15, 0.2) is 30.3 Å². The van der Waals surface area contributed by atoms with Crippen LogP contribution in [0.25, 0.3) is 0 Å². The lowest BCUT2D eigenvalue weighted by Crippen LogP contribution is -2.44. The Kier molecular flexibility index (Phi) is 5.97. The summed E-state index contributed by atoms with van der Waals surface area (Å²) in [5.74, 6) is 1.78. The van der Waals surface area contributed by atoms with Gasteiger partial charge in [-0.05, 0) is 69.8 Å². The van der Waals surface area contributed by atoms with Crippen molar-refractivity contribution in [1.82, 2.24) is 10.2 Å². The van der Waals surface area contributed by atoms with E-state index in [1.807, 2.05) is 0 Å². The summed E-state index contributed by atoms with van der Waals surface area (Å²) in [7, 11) is 0. The Morgan fingerprint density at radius 2 is 1.77 bits per heavy atom. The van der Waals surface area contributed by atoms with Gasteiger partial charge in [-0.1, -0.05) is 30.3 Å². The maximum absolute atomic E-state index is 6.01. The third-order valence-electron chi connectivity index (χ3n) is 6.77. The zero-order chi connectivity index (χ0) is 17.9. The molecule has 3 fully saturated rings. The van der Waals surface area contributed by atoms with E-state index in [-0.39, 0.29) is 0 Å². The van der Waals surface area contributed by atoms with Crippen LogP contribution in [-0.4, -0.2) is 42.3 Å². The number of nitrogens with one attached hydrogen (secondary N) is 1. The number of hydrogen-bond acceptors (Lipinski definition) is 3. The van der Waals surface area contributed by atoms with Crippen molar-refractivity contribution in [1.29, 1.82) is 0 Å². The average Bonchev–Trinajstić information content (AvgIpc) is 3.18. The monoisotopic (exact) mass is 356 g/mol. The first kappa shape index (κ1) is 18.5. The normalized spacial score (nSPS) is 35.1. The Hall–Kier alpha value is -0.900. The van der Waals surface area contributed by atoms with E-state index >= 15 is 0 Å². The SMILES string of the molecule is CC(C)OC1CCC(N[C@@H]2CC[C@@H]3CN(Cc4ccccc4)C[C@H]32)CC1. The van der Waals surface area contributed by atoms with Crippen LogP contribution in [0.1, 0.15) is 57.9 Å². The minimum absolute atomic E-state index is 0.370. The van der Waals surface area contributed by atoms with Crippen LogP contribution in [0, 0.1) is 11.8 Å². The summed E-state index contributed by atoms with van der Waals surface area (Å²) >= 11 is 0. The Balaban J connectivity index is 1.25. The number of nitrogens with zero attached hydrogens (tertiary/aromatic N) is 1. The van der Waals surface area contributed by atoms with E-state index in [9.17, 15) is 0 Å². The minimum atomic E-state index is 0.370. The topological polar surface area (TPSA) is 24.5 Å². The molecule has 1 aliphatic heterocycles. The second-order valence-electron chi connectivity index (χ2n) is 9.11. The first-order valence-electron chi connectivity index (χ1n) is 10.8. The lowest BCUT2D eigenvalue weighted by Gasteiger charge is -2.33. The van der Waals surface area contributed by atoms with E-state index in [0.29, 0.717) is 18.2 Å². The van der Waals surface area contributed by atoms with Gasteiger partial charge >= 0.3 is 0 Å². The first-order chi connectivity index (χ1) is 12.7. The van der Waals surface area contributed by atoms with Crippen LogP contribution in [0.3, 0.4) is 0 Å². The van der Waals surface area contributed by atoms with E-state index in [0.717, 1.165) is 24.4 Å². The van der Waals surface area contributed by atoms with Crippen molar-refractivity contribution in [3.8, 4) is 0 Å². The standard InChI is InChI=1S/C23H36N2O/c1-17(2)26-21-11-9-20(10-12-21)24-23-13-8-19-15-25(16-22(19)23)14-18-6-4-3-5-7-18/h3-7,17,19-24H,8-16H2,1-2H3/t19-,20?,21?,22-,23-/m1/s1. The Bertz CT molecular complexity index is 553. The van der Waals surface area contributed by atoms with Crippen LogP contribution < -0.4 is 5.32 Å². The third-order valence-corrected chi connectivity index (χ3v) is 6.77. The Labute approximate surface area is 159 Å². The molecule has 4 rings (SSSR count). The Morgan fingerprint density at radius 3 is 2.50 bits per heavy atom. The van der Waals surface area contributed by atoms with E-state index in [1.54, 1.807) is 0 Å². The van der Waals surface area contributed by atoms with Crippen LogP contribution >= 0.6 is 0 Å². The molecule has 1 N–H and O–H groups in total. The van der Waals surface area contributed by atoms with Crippen molar-refractivity contribution < 1.29 is 4.74 Å². The van der Waals surface area contributed by atoms with Crippen molar-refractivity contribution in [2.45, 2.75) is 83.2 Å². The minimum Gasteiger partial charge on any atom is -0.376 e. The molecule has 0 aromatic heterocycles. The van der Waals surface area contributed by atoms with Gasteiger partial charge in [-0.25, -0.2) is 0 Å². The summed E-state index contributed by atoms with van der Waals surface area (Å²) in [4.78, 5) is 2.69. The second-order valence-corrected chi connectivity index (χ2v) is 9.11. The number of hydrogen-bond donors (Lipinski definition) is 1. The van der Waals surface area contributed by atoms with Crippen molar-refractivity contribution in [3.63, 3.8) is 0 Å². The fourth-order valence-corrected chi connectivity index (χ4v) is 5.59. The summed E-state index contributed by atoms with van der Waals surface area (Å²) in [6.45, 7) is 8.02. The molecule has 144 valence electrons. The van der Waals surface area contributed by atoms with Crippen LogP contribution in [-0.2, 0) is 11.3 Å². The lowest BCUT2D eigenvalue weighted by molar-refractivity contribution is -0.0170. The molecule has 2 saturated carbocycles. The molecule has 3 heteroatoms. The number of benzene rings is 1. The maximum atomic E-state index is 6.01. The molecule has 0 unspecified atom stereocenters. The number of rotatable bonds is 6. The molecule has 1 saturated heterocycles. The summed E-state index contributed by atoms with van der Waals surface area (Å²) in [6, 6.07) is 12.4. The number of likely N-dealkylation sites (tertiary alicyclic amines) is 1. The largest absolute Gasteiger partial charge is 0.376 e. The second kappa shape index (κ2) is 8.41. The lowest BCUT2D eigenvalue weighted by atomic mass is 9.90. The highest BCUT2D eigenvalue weighted by Gasteiger charge is 2.43. The van der Waals surface area contributed by atoms with Gasteiger partial charge in [-0.3, -0.25) is 4.90 Å². The highest BCUT2D eigenvalue weighted by Crippen LogP contribution is 2.39. The average molecular weight is 357 g/mol. The van der Waals surface area contributed by atoms with E-state index in [1.165, 1.54) is 57.2 Å². The molecule has 0 bridgehead atoms. The predicted molar refractivity (Wildman–Crippen MR) is 107 cm³/mol. The summed E-state index contributed by atoms with van der Waals surface area (Å²) in [5, 5.41) is 4.07. The van der Waals surface area contributed by atoms with Crippen LogP contribution in [0.5, 0.6) is 0 Å². The van der Waals surface area contributed by atoms with Gasteiger partial charge in [0.2, 0.25) is 0 Å². The predicted octanol–water partition coefficient (Wildman–Crippen LogP) is 4.22. The molecule has 26 heavy (non-hydrogen) atoms. The van der Waals surface area contributed by atoms with Crippen molar-refractivity contribution in [2.24, 2.45) is 11.8 Å². The van der Waals surface area contributed by atoms with Crippen molar-refractivity contribution >= 4 is 0 Å². The smallest absolute Gasteiger partial charge is 0.0579 e. The molecular weight excluding hydrogens is 320 g/mol. The van der Waals surface area contributed by atoms with Gasteiger partial charge in [0.05, 0.1) is 12.2 Å². The van der Waals surface area contributed by atoms with Gasteiger partial charge in [0.25, 0.3) is 0 Å². The quantitative estimate of drug-likeness (QED) is 0.826. The van der Waals surface area contributed by atoms with Crippen molar-refractivity contribution in [2.75, 3.05) is 13.1 Å². The molecule has 3 atom stereocenters. The summed E-state index contributed by atoms with van der Waals surface area (Å²) < 4.78 is 6.01. The van der Waals surface area contributed by atoms with E-state index in [2.05, 4.69) is 54.4 Å². The highest BCUT2D eigenvalue weighted by molar-refractivity contribution is 5.15. The molecule has 0 amide bonds. The van der Waals surface area contributed by atoms with Crippen LogP contribution in [0.2, 0.25) is 0 Å². The summed E-state index contributed by atoms with van der Waals surface area (Å²) in [6.07, 6.45) is 8.72. The fourth-order valence-electron chi connectivity index (χ4n) is 5.59. The zero-order valence-corrected chi connectivity index (χ0v) is 16.6. The molecule has 2 aliphatic carbocycles. The van der Waals surface area contributed by atoms with Crippen LogP contribution in [0.4, 0.5) is 0 Å². The van der Waals surface area contributed by atoms with Gasteiger partial charge < -0.3 is 10.1 Å². The molecule has 1 aromatic rings. The van der Waals surface area contributed by atoms with Gasteiger partial charge in [0.15, 0.2) is 0 Å². The molecule has 0 radical (unpaired) electrons. The summed E-state index contributed by atoms with van der Waals surface area (Å²) in [5.41, 5.74) is 1.46. The zero-order valence-electron chi connectivity index (χ0n) is 16.6. The van der Waals surface area contributed by atoms with E-state index < -0.39 is 0 Å². The molecule has 1 heterocycles. The molecular formula is C23H36N2O. The van der Waals surface area contributed by atoms with Gasteiger partial charge in [-0.15, -0.1) is 0 Å². The van der Waals surface area contributed by atoms with Gasteiger partial charge in [0.1, 0.15) is 0 Å². The molecule has 0 spiro atoms. The molecule has 3 aliphatic rings. The molecule has 3 nitrogen and oxygen atoms in total. The number of ether oxygens (including phenoxy) is 1. The maximum Gasteiger partial charge on any atom is 0.0579 e. The van der Waals surface area contributed by atoms with E-state index in [4.69, 9.17) is 4.74 Å². The highest BCUT2D eigenvalue weighted by atomic mass is 16.5. The Morgan fingerprint density at radius 1 is 1.00 bits per heavy atom. The van der Waals surface area contributed by atoms with Crippen molar-refractivity contribution in [3.05, 3.63) is 35.9 Å². The van der Waals surface area contributed by atoms with Gasteiger partial charge in [-0.2, -0.15) is 0 Å². The number of fused-ring (bicyclic) bond motifs is 1. The fraction of sp³-hybridized carbons (Fsp3) is 0.739. The first-order valence-corrected chi connectivity index (χ1v) is 10.8. The third kappa shape index (κ3) is 4.49.